The first-order chi connectivity index (χ1) is 8.13. The van der Waals surface area contributed by atoms with E-state index < -0.39 is 6.04 Å². The van der Waals surface area contributed by atoms with Crippen LogP contribution in [0.25, 0.3) is 0 Å². The van der Waals surface area contributed by atoms with Crippen LogP contribution in [0.3, 0.4) is 0 Å². The summed E-state index contributed by atoms with van der Waals surface area (Å²) in [6, 6.07) is -0.475. The average molecular weight is 234 g/mol. The van der Waals surface area contributed by atoms with E-state index in [2.05, 4.69) is 11.2 Å². The van der Waals surface area contributed by atoms with Crippen molar-refractivity contribution in [3.05, 3.63) is 0 Å². The quantitative estimate of drug-likeness (QED) is 0.576. The third-order valence-electron chi connectivity index (χ3n) is 3.57. The molecular weight excluding hydrogens is 216 g/mol. The van der Waals surface area contributed by atoms with Crippen molar-refractivity contribution in [1.82, 2.24) is 10.2 Å². The second-order valence-corrected chi connectivity index (χ2v) is 4.85. The van der Waals surface area contributed by atoms with Crippen LogP contribution in [-0.4, -0.2) is 34.8 Å². The van der Waals surface area contributed by atoms with Gasteiger partial charge in [0, 0.05) is 6.04 Å². The van der Waals surface area contributed by atoms with Crippen molar-refractivity contribution < 1.29 is 9.59 Å². The van der Waals surface area contributed by atoms with Crippen molar-refractivity contribution in [3.63, 3.8) is 0 Å². The first-order valence-electron chi connectivity index (χ1n) is 6.21. The van der Waals surface area contributed by atoms with Crippen LogP contribution in [-0.2, 0) is 9.59 Å². The number of nitrogens with one attached hydrogen (secondary N) is 1. The zero-order valence-corrected chi connectivity index (χ0v) is 10.1. The standard InChI is InChI=1S/C13H18N2O2/c1-3-9(2)14-11-8-12(16)15(13(11)17)10-6-4-5-7-10/h1,9-11,14H,4-8H2,2H3. The molecular formula is C13H18N2O2. The molecule has 0 radical (unpaired) electrons. The largest absolute Gasteiger partial charge is 0.292 e. The van der Waals surface area contributed by atoms with E-state index in [0.29, 0.717) is 0 Å². The fraction of sp³-hybridized carbons (Fsp3) is 0.692. The Labute approximate surface area is 102 Å². The van der Waals surface area contributed by atoms with Crippen LogP contribution in [0.5, 0.6) is 0 Å². The number of amides is 2. The molecule has 1 aliphatic carbocycles. The summed E-state index contributed by atoms with van der Waals surface area (Å²) >= 11 is 0. The first kappa shape index (κ1) is 12.1. The number of hydrogen-bond acceptors (Lipinski definition) is 3. The van der Waals surface area contributed by atoms with E-state index in [1.165, 1.54) is 4.90 Å². The molecule has 92 valence electrons. The minimum absolute atomic E-state index is 0.0522. The smallest absolute Gasteiger partial charge is 0.247 e. The number of rotatable bonds is 3. The summed E-state index contributed by atoms with van der Waals surface area (Å²) < 4.78 is 0. The number of imide groups is 1. The first-order valence-corrected chi connectivity index (χ1v) is 6.21. The number of nitrogens with zero attached hydrogens (tertiary/aromatic N) is 1. The highest BCUT2D eigenvalue weighted by molar-refractivity contribution is 6.05. The maximum absolute atomic E-state index is 12.1. The molecule has 2 aliphatic rings. The van der Waals surface area contributed by atoms with Gasteiger partial charge in [-0.25, -0.2) is 0 Å². The molecule has 1 aliphatic heterocycles. The third kappa shape index (κ3) is 2.34. The molecule has 1 heterocycles. The summed E-state index contributed by atoms with van der Waals surface area (Å²) in [6.07, 6.45) is 9.65. The molecule has 1 saturated heterocycles. The maximum Gasteiger partial charge on any atom is 0.247 e. The lowest BCUT2D eigenvalue weighted by atomic mass is 10.2. The van der Waals surface area contributed by atoms with Gasteiger partial charge >= 0.3 is 0 Å². The van der Waals surface area contributed by atoms with E-state index in [1.807, 2.05) is 6.92 Å². The third-order valence-corrected chi connectivity index (χ3v) is 3.57. The molecule has 0 bridgehead atoms. The monoisotopic (exact) mass is 234 g/mol. The maximum atomic E-state index is 12.1. The van der Waals surface area contributed by atoms with Crippen molar-refractivity contribution in [1.29, 1.82) is 0 Å². The second-order valence-electron chi connectivity index (χ2n) is 4.85. The lowest BCUT2D eigenvalue weighted by Gasteiger charge is -2.22. The SMILES string of the molecule is C#CC(C)NC1CC(=O)N(C2CCCC2)C1=O. The van der Waals surface area contributed by atoms with E-state index in [1.54, 1.807) is 0 Å². The van der Waals surface area contributed by atoms with E-state index in [0.717, 1.165) is 25.7 Å². The van der Waals surface area contributed by atoms with Crippen molar-refractivity contribution in [3.8, 4) is 12.3 Å². The average Bonchev–Trinajstić information content (AvgIpc) is 2.88. The highest BCUT2D eigenvalue weighted by Gasteiger charge is 2.43. The molecule has 4 heteroatoms. The second kappa shape index (κ2) is 4.89. The fourth-order valence-electron chi connectivity index (χ4n) is 2.68. The number of likely N-dealkylation sites (tertiary alicyclic amines) is 1. The van der Waals surface area contributed by atoms with Crippen LogP contribution in [0.15, 0.2) is 0 Å². The van der Waals surface area contributed by atoms with Gasteiger partial charge in [0.1, 0.15) is 0 Å². The summed E-state index contributed by atoms with van der Waals surface area (Å²) in [5.74, 6) is 2.37. The molecule has 1 N–H and O–H groups in total. The molecule has 2 atom stereocenters. The Bertz CT molecular complexity index is 366. The van der Waals surface area contributed by atoms with Crippen molar-refractivity contribution in [2.24, 2.45) is 0 Å². The summed E-state index contributed by atoms with van der Waals surface area (Å²) in [5.41, 5.74) is 0. The molecule has 1 saturated carbocycles. The van der Waals surface area contributed by atoms with Crippen LogP contribution in [0.1, 0.15) is 39.0 Å². The van der Waals surface area contributed by atoms with E-state index in [4.69, 9.17) is 6.42 Å². The minimum atomic E-state index is -0.422. The van der Waals surface area contributed by atoms with Crippen molar-refractivity contribution in [2.75, 3.05) is 0 Å². The molecule has 2 fully saturated rings. The molecule has 2 rings (SSSR count). The van der Waals surface area contributed by atoms with Gasteiger partial charge in [0.05, 0.1) is 18.5 Å². The summed E-state index contributed by atoms with van der Waals surface area (Å²) in [6.45, 7) is 1.82. The Morgan fingerprint density at radius 1 is 1.41 bits per heavy atom. The molecule has 0 aromatic carbocycles. The minimum Gasteiger partial charge on any atom is -0.292 e. The Balaban J connectivity index is 2.03. The highest BCUT2D eigenvalue weighted by atomic mass is 16.2. The number of carbonyl (C=O) groups is 2. The zero-order chi connectivity index (χ0) is 12.4. The van der Waals surface area contributed by atoms with Gasteiger partial charge in [-0.3, -0.25) is 19.8 Å². The number of terminal acetylenes is 1. The van der Waals surface area contributed by atoms with Crippen LogP contribution in [0.4, 0.5) is 0 Å². The molecule has 4 nitrogen and oxygen atoms in total. The molecule has 0 spiro atoms. The molecule has 2 amide bonds. The molecule has 0 aromatic heterocycles. The van der Waals surface area contributed by atoms with Gasteiger partial charge in [0.25, 0.3) is 0 Å². The predicted octanol–water partition coefficient (Wildman–Crippen LogP) is 0.668. The Kier molecular flexibility index (Phi) is 3.49. The van der Waals surface area contributed by atoms with Gasteiger partial charge < -0.3 is 0 Å². The van der Waals surface area contributed by atoms with Crippen LogP contribution >= 0.6 is 0 Å². The Morgan fingerprint density at radius 2 is 2.06 bits per heavy atom. The fourth-order valence-corrected chi connectivity index (χ4v) is 2.68. The van der Waals surface area contributed by atoms with E-state index in [-0.39, 0.29) is 30.3 Å². The highest BCUT2D eigenvalue weighted by Crippen LogP contribution is 2.28. The lowest BCUT2D eigenvalue weighted by molar-refractivity contribution is -0.141. The Morgan fingerprint density at radius 3 is 2.65 bits per heavy atom. The number of hydrogen-bond donors (Lipinski definition) is 1. The van der Waals surface area contributed by atoms with Gasteiger partial charge in [-0.15, -0.1) is 6.42 Å². The predicted molar refractivity (Wildman–Crippen MR) is 63.9 cm³/mol. The lowest BCUT2D eigenvalue weighted by Crippen LogP contribution is -2.45. The van der Waals surface area contributed by atoms with Crippen LogP contribution in [0.2, 0.25) is 0 Å². The normalized spacial score (nSPS) is 27.5. The van der Waals surface area contributed by atoms with Gasteiger partial charge in [-0.05, 0) is 19.8 Å². The number of carbonyl (C=O) groups excluding carboxylic acids is 2. The van der Waals surface area contributed by atoms with Crippen molar-refractivity contribution >= 4 is 11.8 Å². The van der Waals surface area contributed by atoms with Gasteiger partial charge in [-0.1, -0.05) is 18.8 Å². The summed E-state index contributed by atoms with van der Waals surface area (Å²) in [7, 11) is 0. The summed E-state index contributed by atoms with van der Waals surface area (Å²) in [4.78, 5) is 25.5. The molecule has 2 unspecified atom stereocenters. The van der Waals surface area contributed by atoms with Gasteiger partial charge in [0.2, 0.25) is 11.8 Å². The van der Waals surface area contributed by atoms with Gasteiger partial charge in [-0.2, -0.15) is 0 Å². The van der Waals surface area contributed by atoms with Crippen molar-refractivity contribution in [2.45, 2.75) is 57.2 Å². The molecule has 17 heavy (non-hydrogen) atoms. The topological polar surface area (TPSA) is 49.4 Å². The van der Waals surface area contributed by atoms with E-state index in [9.17, 15) is 9.59 Å². The van der Waals surface area contributed by atoms with E-state index >= 15 is 0 Å². The Hall–Kier alpha value is -1.34. The van der Waals surface area contributed by atoms with Crippen LogP contribution < -0.4 is 5.32 Å². The molecule has 0 aromatic rings. The zero-order valence-electron chi connectivity index (χ0n) is 10.1. The van der Waals surface area contributed by atoms with Gasteiger partial charge in [0.15, 0.2) is 0 Å². The summed E-state index contributed by atoms with van der Waals surface area (Å²) in [5, 5.41) is 3.01. The van der Waals surface area contributed by atoms with Crippen LogP contribution in [0, 0.1) is 12.3 Å².